The highest BCUT2D eigenvalue weighted by Crippen LogP contribution is 2.11. The number of aromatic nitrogens is 2. The smallest absolute Gasteiger partial charge is 0.251 e. The Morgan fingerprint density at radius 1 is 1.11 bits per heavy atom. The summed E-state index contributed by atoms with van der Waals surface area (Å²) in [5.74, 6) is 6.27. The molecule has 1 N–H and O–H groups in total. The van der Waals surface area contributed by atoms with Crippen LogP contribution in [0.3, 0.4) is 0 Å². The van der Waals surface area contributed by atoms with E-state index < -0.39 is 0 Å². The molecule has 0 bridgehead atoms. The van der Waals surface area contributed by atoms with Crippen molar-refractivity contribution in [2.45, 2.75) is 26.3 Å². The molecule has 0 aliphatic heterocycles. The second-order valence-corrected chi connectivity index (χ2v) is 6.41. The van der Waals surface area contributed by atoms with Crippen LogP contribution >= 0.6 is 0 Å². The Balaban J connectivity index is 1.55. The third-order valence-corrected chi connectivity index (χ3v) is 4.30. The number of aryl methyl sites for hydroxylation is 2. The minimum absolute atomic E-state index is 0.0552. The van der Waals surface area contributed by atoms with Crippen molar-refractivity contribution in [3.05, 3.63) is 89.5 Å². The van der Waals surface area contributed by atoms with E-state index in [9.17, 15) is 4.79 Å². The Kier molecular flexibility index (Phi) is 6.43. The van der Waals surface area contributed by atoms with E-state index in [2.05, 4.69) is 22.1 Å². The molecule has 0 unspecified atom stereocenters. The van der Waals surface area contributed by atoms with Gasteiger partial charge in [0.2, 0.25) is 0 Å². The summed E-state index contributed by atoms with van der Waals surface area (Å²) in [6.45, 7) is 3.58. The topological polar surface area (TPSA) is 46.9 Å². The average molecular weight is 357 g/mol. The van der Waals surface area contributed by atoms with Crippen LogP contribution in [0, 0.1) is 18.8 Å². The molecule has 1 aromatic heterocycles. The standard InChI is InChI=1S/C23H23N3O/c1-19-9-11-22(17-21(19)12-10-20-7-3-2-4-8-20)23(27)25-13-5-6-15-26-16-14-24-18-26/h2-4,7-9,11,14,16-18H,5-6,13,15H2,1H3,(H,25,27). The Labute approximate surface area is 160 Å². The van der Waals surface area contributed by atoms with Crippen LogP contribution in [0.1, 0.15) is 39.9 Å². The van der Waals surface area contributed by atoms with Gasteiger partial charge in [-0.15, -0.1) is 0 Å². The van der Waals surface area contributed by atoms with Crippen LogP contribution in [0.5, 0.6) is 0 Å². The first kappa shape index (κ1) is 18.5. The van der Waals surface area contributed by atoms with Crippen LogP contribution in [-0.4, -0.2) is 22.0 Å². The maximum atomic E-state index is 12.4. The Hall–Kier alpha value is -3.32. The monoisotopic (exact) mass is 357 g/mol. The molecule has 2 aromatic carbocycles. The van der Waals surface area contributed by atoms with Gasteiger partial charge in [-0.25, -0.2) is 4.98 Å². The van der Waals surface area contributed by atoms with E-state index in [-0.39, 0.29) is 5.91 Å². The number of carbonyl (C=O) groups excluding carboxylic acids is 1. The van der Waals surface area contributed by atoms with Gasteiger partial charge in [0.05, 0.1) is 6.33 Å². The van der Waals surface area contributed by atoms with Gasteiger partial charge in [-0.3, -0.25) is 4.79 Å². The summed E-state index contributed by atoms with van der Waals surface area (Å²) in [6, 6.07) is 15.5. The molecule has 4 nitrogen and oxygen atoms in total. The molecule has 4 heteroatoms. The molecule has 0 atom stereocenters. The van der Waals surface area contributed by atoms with E-state index in [1.54, 1.807) is 6.20 Å². The number of hydrogen-bond acceptors (Lipinski definition) is 2. The minimum Gasteiger partial charge on any atom is -0.352 e. The Morgan fingerprint density at radius 3 is 2.74 bits per heavy atom. The van der Waals surface area contributed by atoms with E-state index in [4.69, 9.17) is 0 Å². The lowest BCUT2D eigenvalue weighted by atomic mass is 10.0. The third kappa shape index (κ3) is 5.58. The van der Waals surface area contributed by atoms with Gasteiger partial charge in [-0.05, 0) is 49.6 Å². The van der Waals surface area contributed by atoms with Gasteiger partial charge in [0.25, 0.3) is 5.91 Å². The molecular weight excluding hydrogens is 334 g/mol. The fourth-order valence-electron chi connectivity index (χ4n) is 2.70. The predicted molar refractivity (Wildman–Crippen MR) is 107 cm³/mol. The maximum Gasteiger partial charge on any atom is 0.251 e. The molecule has 27 heavy (non-hydrogen) atoms. The number of nitrogens with one attached hydrogen (secondary N) is 1. The molecular formula is C23H23N3O. The van der Waals surface area contributed by atoms with Gasteiger partial charge in [-0.2, -0.15) is 0 Å². The van der Waals surface area contributed by atoms with Gasteiger partial charge >= 0.3 is 0 Å². The number of rotatable bonds is 6. The third-order valence-electron chi connectivity index (χ3n) is 4.30. The van der Waals surface area contributed by atoms with E-state index in [1.165, 1.54) is 0 Å². The molecule has 0 saturated heterocycles. The number of hydrogen-bond donors (Lipinski definition) is 1. The van der Waals surface area contributed by atoms with Crippen molar-refractivity contribution < 1.29 is 4.79 Å². The quantitative estimate of drug-likeness (QED) is 0.539. The van der Waals surface area contributed by atoms with Crippen molar-refractivity contribution in [2.75, 3.05) is 6.54 Å². The number of amides is 1. The number of unbranched alkanes of at least 4 members (excludes halogenated alkanes) is 1. The average Bonchev–Trinajstić information content (AvgIpc) is 3.21. The van der Waals surface area contributed by atoms with Crippen molar-refractivity contribution in [1.29, 1.82) is 0 Å². The van der Waals surface area contributed by atoms with E-state index in [0.717, 1.165) is 36.1 Å². The first-order valence-corrected chi connectivity index (χ1v) is 9.14. The van der Waals surface area contributed by atoms with Crippen molar-refractivity contribution >= 4 is 5.91 Å². The molecule has 0 fully saturated rings. The van der Waals surface area contributed by atoms with E-state index in [1.807, 2.05) is 72.5 Å². The molecule has 0 saturated carbocycles. The highest BCUT2D eigenvalue weighted by Gasteiger charge is 2.06. The van der Waals surface area contributed by atoms with Crippen LogP contribution < -0.4 is 5.32 Å². The molecule has 1 heterocycles. The largest absolute Gasteiger partial charge is 0.352 e. The molecule has 0 spiro atoms. The number of benzene rings is 2. The zero-order valence-corrected chi connectivity index (χ0v) is 15.5. The lowest BCUT2D eigenvalue weighted by Crippen LogP contribution is -2.24. The van der Waals surface area contributed by atoms with Crippen LogP contribution in [0.25, 0.3) is 0 Å². The summed E-state index contributed by atoms with van der Waals surface area (Å²) in [6.07, 6.45) is 7.46. The van der Waals surface area contributed by atoms with Crippen molar-refractivity contribution in [2.24, 2.45) is 0 Å². The van der Waals surface area contributed by atoms with Gasteiger partial charge in [-0.1, -0.05) is 36.1 Å². The Morgan fingerprint density at radius 2 is 1.96 bits per heavy atom. The predicted octanol–water partition coefficient (Wildman–Crippen LogP) is 3.80. The van der Waals surface area contributed by atoms with Gasteiger partial charge in [0, 0.05) is 42.2 Å². The summed E-state index contributed by atoms with van der Waals surface area (Å²) >= 11 is 0. The number of nitrogens with zero attached hydrogens (tertiary/aromatic N) is 2. The fraction of sp³-hybridized carbons (Fsp3) is 0.217. The summed E-state index contributed by atoms with van der Waals surface area (Å²) in [4.78, 5) is 16.4. The molecule has 1 amide bonds. The van der Waals surface area contributed by atoms with Gasteiger partial charge in [0.1, 0.15) is 0 Å². The zero-order chi connectivity index (χ0) is 18.9. The second-order valence-electron chi connectivity index (χ2n) is 6.41. The fourth-order valence-corrected chi connectivity index (χ4v) is 2.70. The number of imidazole rings is 1. The zero-order valence-electron chi connectivity index (χ0n) is 15.5. The number of carbonyl (C=O) groups is 1. The van der Waals surface area contributed by atoms with Gasteiger partial charge in [0.15, 0.2) is 0 Å². The summed E-state index contributed by atoms with van der Waals surface area (Å²) in [5.41, 5.74) is 3.55. The summed E-state index contributed by atoms with van der Waals surface area (Å²) in [5, 5.41) is 2.99. The van der Waals surface area contributed by atoms with E-state index in [0.29, 0.717) is 12.1 Å². The van der Waals surface area contributed by atoms with Crippen molar-refractivity contribution in [3.8, 4) is 11.8 Å². The van der Waals surface area contributed by atoms with Crippen molar-refractivity contribution in [1.82, 2.24) is 14.9 Å². The van der Waals surface area contributed by atoms with Crippen LogP contribution in [0.2, 0.25) is 0 Å². The van der Waals surface area contributed by atoms with Crippen molar-refractivity contribution in [3.63, 3.8) is 0 Å². The lowest BCUT2D eigenvalue weighted by Gasteiger charge is -2.07. The Bertz CT molecular complexity index is 935. The molecule has 0 radical (unpaired) electrons. The highest BCUT2D eigenvalue weighted by molar-refractivity contribution is 5.94. The first-order valence-electron chi connectivity index (χ1n) is 9.14. The van der Waals surface area contributed by atoms with Crippen LogP contribution in [0.15, 0.2) is 67.3 Å². The maximum absolute atomic E-state index is 12.4. The molecule has 136 valence electrons. The molecule has 3 rings (SSSR count). The van der Waals surface area contributed by atoms with Crippen LogP contribution in [-0.2, 0) is 6.54 Å². The first-order chi connectivity index (χ1) is 13.2. The second kappa shape index (κ2) is 9.40. The van der Waals surface area contributed by atoms with E-state index >= 15 is 0 Å². The summed E-state index contributed by atoms with van der Waals surface area (Å²) < 4.78 is 2.04. The minimum atomic E-state index is -0.0552. The highest BCUT2D eigenvalue weighted by atomic mass is 16.1. The molecule has 0 aliphatic carbocycles. The molecule has 3 aromatic rings. The SMILES string of the molecule is Cc1ccc(C(=O)NCCCCn2ccnc2)cc1C#Cc1ccccc1. The molecule has 0 aliphatic rings. The van der Waals surface area contributed by atoms with Crippen LogP contribution in [0.4, 0.5) is 0 Å². The summed E-state index contributed by atoms with van der Waals surface area (Å²) in [7, 11) is 0. The normalized spacial score (nSPS) is 10.1. The lowest BCUT2D eigenvalue weighted by molar-refractivity contribution is 0.0953. The van der Waals surface area contributed by atoms with Gasteiger partial charge < -0.3 is 9.88 Å².